The molecule has 0 saturated carbocycles. The molecule has 0 amide bonds. The molecule has 1 unspecified atom stereocenters. The minimum atomic E-state index is -0.0394. The SMILES string of the molecule is Cc1cccc(-c2c(-c3ccc4[nH]ncc4c3)cnn2C2CCCCO2)n1. The van der Waals surface area contributed by atoms with Gasteiger partial charge in [0, 0.05) is 23.3 Å². The van der Waals surface area contributed by atoms with Gasteiger partial charge in [-0.05, 0) is 56.0 Å². The normalized spacial score (nSPS) is 17.4. The molecule has 136 valence electrons. The zero-order valence-corrected chi connectivity index (χ0v) is 15.2. The number of aromatic nitrogens is 5. The Hall–Kier alpha value is -2.99. The summed E-state index contributed by atoms with van der Waals surface area (Å²) in [4.78, 5) is 4.77. The third kappa shape index (κ3) is 2.92. The molecule has 1 N–H and O–H groups in total. The van der Waals surface area contributed by atoms with Crippen molar-refractivity contribution in [2.45, 2.75) is 32.4 Å². The number of fused-ring (bicyclic) bond motifs is 1. The van der Waals surface area contributed by atoms with Crippen LogP contribution in [0, 0.1) is 6.92 Å². The van der Waals surface area contributed by atoms with Crippen LogP contribution in [0.15, 0.2) is 48.8 Å². The van der Waals surface area contributed by atoms with E-state index in [1.165, 1.54) is 0 Å². The highest BCUT2D eigenvalue weighted by atomic mass is 16.5. The molecule has 1 fully saturated rings. The Labute approximate surface area is 157 Å². The van der Waals surface area contributed by atoms with E-state index in [0.29, 0.717) is 0 Å². The lowest BCUT2D eigenvalue weighted by Gasteiger charge is -2.24. The maximum Gasteiger partial charge on any atom is 0.150 e. The molecule has 1 aromatic carbocycles. The van der Waals surface area contributed by atoms with Crippen molar-refractivity contribution < 1.29 is 4.74 Å². The molecule has 1 atom stereocenters. The maximum atomic E-state index is 6.02. The zero-order valence-electron chi connectivity index (χ0n) is 15.2. The van der Waals surface area contributed by atoms with Gasteiger partial charge in [0.2, 0.25) is 0 Å². The highest BCUT2D eigenvalue weighted by Crippen LogP contribution is 2.36. The van der Waals surface area contributed by atoms with E-state index in [4.69, 9.17) is 14.8 Å². The summed E-state index contributed by atoms with van der Waals surface area (Å²) in [6.07, 6.45) is 6.97. The van der Waals surface area contributed by atoms with Crippen molar-refractivity contribution in [3.63, 3.8) is 0 Å². The van der Waals surface area contributed by atoms with Gasteiger partial charge in [0.05, 0.1) is 29.3 Å². The summed E-state index contributed by atoms with van der Waals surface area (Å²) in [5.74, 6) is 0. The predicted molar refractivity (Wildman–Crippen MR) is 104 cm³/mol. The van der Waals surface area contributed by atoms with E-state index < -0.39 is 0 Å². The van der Waals surface area contributed by atoms with Crippen molar-refractivity contribution in [3.8, 4) is 22.5 Å². The van der Waals surface area contributed by atoms with Gasteiger partial charge in [0.25, 0.3) is 0 Å². The van der Waals surface area contributed by atoms with E-state index in [2.05, 4.69) is 28.4 Å². The smallest absolute Gasteiger partial charge is 0.150 e. The van der Waals surface area contributed by atoms with Gasteiger partial charge in [0.1, 0.15) is 0 Å². The van der Waals surface area contributed by atoms with Gasteiger partial charge in [-0.15, -0.1) is 0 Å². The average Bonchev–Trinajstić information content (AvgIpc) is 3.35. The topological polar surface area (TPSA) is 68.6 Å². The van der Waals surface area contributed by atoms with Crippen LogP contribution in [0.5, 0.6) is 0 Å². The van der Waals surface area contributed by atoms with E-state index in [-0.39, 0.29) is 6.23 Å². The quantitative estimate of drug-likeness (QED) is 0.585. The van der Waals surface area contributed by atoms with Crippen molar-refractivity contribution in [3.05, 3.63) is 54.5 Å². The Balaban J connectivity index is 1.69. The number of ether oxygens (including phenoxy) is 1. The summed E-state index contributed by atoms with van der Waals surface area (Å²) in [6.45, 7) is 2.79. The summed E-state index contributed by atoms with van der Waals surface area (Å²) in [5, 5.41) is 12.9. The van der Waals surface area contributed by atoms with Crippen LogP contribution >= 0.6 is 0 Å². The van der Waals surface area contributed by atoms with Crippen molar-refractivity contribution in [2.24, 2.45) is 0 Å². The van der Waals surface area contributed by atoms with Crippen molar-refractivity contribution in [1.82, 2.24) is 25.0 Å². The maximum absolute atomic E-state index is 6.02. The first-order valence-corrected chi connectivity index (χ1v) is 9.36. The van der Waals surface area contributed by atoms with E-state index in [1.54, 1.807) is 0 Å². The number of hydrogen-bond acceptors (Lipinski definition) is 4. The van der Waals surface area contributed by atoms with E-state index in [9.17, 15) is 0 Å². The number of nitrogens with one attached hydrogen (secondary N) is 1. The minimum Gasteiger partial charge on any atom is -0.356 e. The van der Waals surface area contributed by atoms with Crippen molar-refractivity contribution >= 4 is 10.9 Å². The fourth-order valence-electron chi connectivity index (χ4n) is 3.75. The van der Waals surface area contributed by atoms with Crippen LogP contribution < -0.4 is 0 Å². The molecule has 4 aromatic rings. The number of pyridine rings is 1. The first-order chi connectivity index (χ1) is 13.3. The first-order valence-electron chi connectivity index (χ1n) is 9.36. The Morgan fingerprint density at radius 1 is 1.15 bits per heavy atom. The van der Waals surface area contributed by atoms with Crippen molar-refractivity contribution in [1.29, 1.82) is 0 Å². The summed E-state index contributed by atoms with van der Waals surface area (Å²) in [7, 11) is 0. The second-order valence-electron chi connectivity index (χ2n) is 7.01. The largest absolute Gasteiger partial charge is 0.356 e. The average molecular weight is 359 g/mol. The summed E-state index contributed by atoms with van der Waals surface area (Å²) in [5.41, 5.74) is 6.10. The molecular formula is C21H21N5O. The highest BCUT2D eigenvalue weighted by molar-refractivity contribution is 5.87. The molecule has 27 heavy (non-hydrogen) atoms. The van der Waals surface area contributed by atoms with Crippen molar-refractivity contribution in [2.75, 3.05) is 6.61 Å². The van der Waals surface area contributed by atoms with Gasteiger partial charge < -0.3 is 4.74 Å². The molecule has 0 aliphatic carbocycles. The second kappa shape index (κ2) is 6.63. The lowest BCUT2D eigenvalue weighted by molar-refractivity contribution is -0.0383. The van der Waals surface area contributed by atoms with E-state index >= 15 is 0 Å². The van der Waals surface area contributed by atoms with Crippen LogP contribution in [0.2, 0.25) is 0 Å². The van der Waals surface area contributed by atoms with Gasteiger partial charge in [-0.25, -0.2) is 4.68 Å². The molecule has 6 heteroatoms. The molecule has 5 rings (SSSR count). The molecule has 1 aliphatic rings. The number of hydrogen-bond donors (Lipinski definition) is 1. The van der Waals surface area contributed by atoms with Crippen LogP contribution in [-0.4, -0.2) is 31.6 Å². The van der Waals surface area contributed by atoms with Gasteiger partial charge in [-0.1, -0.05) is 12.1 Å². The number of aryl methyl sites for hydroxylation is 1. The molecular weight excluding hydrogens is 338 g/mol. The van der Waals surface area contributed by atoms with Crippen LogP contribution in [0.3, 0.4) is 0 Å². The Morgan fingerprint density at radius 3 is 2.96 bits per heavy atom. The molecule has 0 bridgehead atoms. The van der Waals surface area contributed by atoms with Crippen LogP contribution in [0.25, 0.3) is 33.4 Å². The van der Waals surface area contributed by atoms with Crippen LogP contribution in [0.4, 0.5) is 0 Å². The molecule has 3 aromatic heterocycles. The predicted octanol–water partition coefficient (Wildman–Crippen LogP) is 4.50. The number of benzene rings is 1. The third-order valence-electron chi connectivity index (χ3n) is 5.11. The molecule has 6 nitrogen and oxygen atoms in total. The van der Waals surface area contributed by atoms with E-state index in [0.717, 1.165) is 65.0 Å². The number of H-pyrrole nitrogens is 1. The summed E-state index contributed by atoms with van der Waals surface area (Å²) >= 11 is 0. The van der Waals surface area contributed by atoms with Crippen LogP contribution in [0.1, 0.15) is 31.2 Å². The van der Waals surface area contributed by atoms with E-state index in [1.807, 2.05) is 42.2 Å². The fraction of sp³-hybridized carbons (Fsp3) is 0.286. The molecule has 0 spiro atoms. The number of aromatic amines is 1. The molecule has 0 radical (unpaired) electrons. The zero-order chi connectivity index (χ0) is 18.2. The van der Waals surface area contributed by atoms with Crippen LogP contribution in [-0.2, 0) is 4.74 Å². The van der Waals surface area contributed by atoms with Gasteiger partial charge in [-0.2, -0.15) is 10.2 Å². The monoisotopic (exact) mass is 359 g/mol. The van der Waals surface area contributed by atoms with Gasteiger partial charge in [0.15, 0.2) is 6.23 Å². The van der Waals surface area contributed by atoms with Gasteiger partial charge in [-0.3, -0.25) is 10.1 Å². The molecule has 1 aliphatic heterocycles. The Bertz CT molecular complexity index is 1090. The van der Waals surface area contributed by atoms with Gasteiger partial charge >= 0.3 is 0 Å². The third-order valence-corrected chi connectivity index (χ3v) is 5.11. The second-order valence-corrected chi connectivity index (χ2v) is 7.01. The minimum absolute atomic E-state index is 0.0394. The fourth-order valence-corrected chi connectivity index (χ4v) is 3.75. The summed E-state index contributed by atoms with van der Waals surface area (Å²) < 4.78 is 8.03. The molecule has 1 saturated heterocycles. The highest BCUT2D eigenvalue weighted by Gasteiger charge is 2.24. The lowest BCUT2D eigenvalue weighted by Crippen LogP contribution is -2.20. The lowest BCUT2D eigenvalue weighted by atomic mass is 10.0. The standard InChI is InChI=1S/C21H21N5O/c1-14-5-4-6-19(24-14)21-17(13-23-26(21)20-7-2-3-10-27-20)15-8-9-18-16(11-15)12-22-25-18/h4-6,8-9,11-13,20H,2-3,7,10H2,1H3,(H,22,25). The number of nitrogens with zero attached hydrogens (tertiary/aromatic N) is 4. The first kappa shape index (κ1) is 16.2. The Kier molecular flexibility index (Phi) is 3.98. The summed E-state index contributed by atoms with van der Waals surface area (Å²) in [6, 6.07) is 12.4. The molecule has 4 heterocycles. The Morgan fingerprint density at radius 2 is 2.11 bits per heavy atom. The number of rotatable bonds is 3.